The molecule has 0 amide bonds. The summed E-state index contributed by atoms with van der Waals surface area (Å²) in [5, 5.41) is 0. The lowest BCUT2D eigenvalue weighted by Gasteiger charge is -2.28. The number of hydrogen-bond donors (Lipinski definition) is 0. The van der Waals surface area contributed by atoms with E-state index in [0.29, 0.717) is 12.8 Å². The van der Waals surface area contributed by atoms with Crippen LogP contribution in [0.2, 0.25) is 0 Å². The van der Waals surface area contributed by atoms with Crippen molar-refractivity contribution in [3.8, 4) is 5.75 Å². The summed E-state index contributed by atoms with van der Waals surface area (Å²) in [7, 11) is 0. The van der Waals surface area contributed by atoms with Gasteiger partial charge < -0.3 is 14.3 Å². The van der Waals surface area contributed by atoms with Crippen LogP contribution in [0.25, 0.3) is 0 Å². The minimum atomic E-state index is -2.34. The summed E-state index contributed by atoms with van der Waals surface area (Å²) >= 11 is 0. The number of carbonyl (C=O) groups excluding carboxylic acids is 2. The highest BCUT2D eigenvalue weighted by Gasteiger charge is 2.35. The van der Waals surface area contributed by atoms with E-state index in [1.54, 1.807) is 13.8 Å². The maximum atomic E-state index is 13.7. The second kappa shape index (κ2) is 8.98. The van der Waals surface area contributed by atoms with Crippen LogP contribution < -0.4 is 4.74 Å². The summed E-state index contributed by atoms with van der Waals surface area (Å²) in [5.74, 6) is -14.0. The van der Waals surface area contributed by atoms with Gasteiger partial charge in [-0.3, -0.25) is 4.79 Å². The van der Waals surface area contributed by atoms with Crippen LogP contribution in [-0.4, -0.2) is 24.0 Å². The molecule has 0 atom stereocenters. The first-order valence-electron chi connectivity index (χ1n) is 8.56. The predicted molar refractivity (Wildman–Crippen MR) is 90.2 cm³/mol. The highest BCUT2D eigenvalue weighted by Crippen LogP contribution is 2.32. The quantitative estimate of drug-likeness (QED) is 0.192. The van der Waals surface area contributed by atoms with Gasteiger partial charge in [0.15, 0.2) is 0 Å². The molecule has 4 nitrogen and oxygen atoms in total. The van der Waals surface area contributed by atoms with Gasteiger partial charge in [0.2, 0.25) is 34.8 Å². The largest absolute Gasteiger partial charge is 0.420 e. The lowest BCUT2D eigenvalue weighted by molar-refractivity contribution is -0.146. The average molecular weight is 410 g/mol. The second-order valence-electron chi connectivity index (χ2n) is 7.73. The molecule has 1 aromatic carbocycles. The Balaban J connectivity index is 2.80. The summed E-state index contributed by atoms with van der Waals surface area (Å²) in [6.07, 6.45) is 0.821. The van der Waals surface area contributed by atoms with E-state index in [1.165, 1.54) is 20.8 Å². The number of carbonyl (C=O) groups is 2. The van der Waals surface area contributed by atoms with Crippen LogP contribution in [0.1, 0.15) is 53.9 Å². The monoisotopic (exact) mass is 410 g/mol. The average Bonchev–Trinajstić information content (AvgIpc) is 2.59. The van der Waals surface area contributed by atoms with Gasteiger partial charge in [-0.2, -0.15) is 8.78 Å². The topological polar surface area (TPSA) is 52.6 Å². The molecule has 0 aliphatic carbocycles. The molecule has 1 rings (SSSR count). The van der Waals surface area contributed by atoms with E-state index in [0.717, 1.165) is 0 Å². The first kappa shape index (κ1) is 24.0. The molecule has 0 aromatic heterocycles. The van der Waals surface area contributed by atoms with Gasteiger partial charge in [-0.25, -0.2) is 13.2 Å². The first-order valence-corrected chi connectivity index (χ1v) is 8.56. The number of hydrogen-bond acceptors (Lipinski definition) is 4. The summed E-state index contributed by atoms with van der Waals surface area (Å²) in [5.41, 5.74) is -1.98. The van der Waals surface area contributed by atoms with Gasteiger partial charge in [-0.1, -0.05) is 0 Å². The van der Waals surface area contributed by atoms with Crippen molar-refractivity contribution in [2.24, 2.45) is 5.41 Å². The molecule has 0 saturated carbocycles. The molecule has 1 aromatic rings. The second-order valence-corrected chi connectivity index (χ2v) is 7.73. The fourth-order valence-electron chi connectivity index (χ4n) is 2.14. The third-order valence-electron chi connectivity index (χ3n) is 4.22. The Kier molecular flexibility index (Phi) is 7.70. The molecule has 0 radical (unpaired) electrons. The first-order chi connectivity index (χ1) is 12.7. The SMILES string of the molecule is CC(=O)CCC(C)(C)OCCC(C)(C)C(=O)Oc1c(F)c(F)c(F)c(F)c1F. The van der Waals surface area contributed by atoms with E-state index in [2.05, 4.69) is 4.74 Å². The Morgan fingerprint density at radius 1 is 0.821 bits per heavy atom. The highest BCUT2D eigenvalue weighted by atomic mass is 19.2. The van der Waals surface area contributed by atoms with Crippen LogP contribution in [0.5, 0.6) is 5.75 Å². The summed E-state index contributed by atoms with van der Waals surface area (Å²) < 4.78 is 76.9. The normalized spacial score (nSPS) is 12.2. The smallest absolute Gasteiger partial charge is 0.317 e. The minimum Gasteiger partial charge on any atom is -0.420 e. The summed E-state index contributed by atoms with van der Waals surface area (Å²) in [4.78, 5) is 23.3. The fraction of sp³-hybridized carbons (Fsp3) is 0.579. The van der Waals surface area contributed by atoms with Crippen LogP contribution in [0.4, 0.5) is 22.0 Å². The molecule has 0 saturated heterocycles. The standard InChI is InChI=1S/C19H23F5O4/c1-10(25)6-7-19(4,5)27-9-8-18(2,3)17(26)28-16-14(23)12(21)11(20)13(22)15(16)24/h6-9H2,1-5H3. The van der Waals surface area contributed by atoms with Crippen LogP contribution in [-0.2, 0) is 14.3 Å². The Morgan fingerprint density at radius 2 is 1.29 bits per heavy atom. The molecule has 0 unspecified atom stereocenters. The third kappa shape index (κ3) is 5.98. The molecule has 158 valence electrons. The van der Waals surface area contributed by atoms with Crippen LogP contribution >= 0.6 is 0 Å². The van der Waals surface area contributed by atoms with Crippen molar-refractivity contribution in [3.05, 3.63) is 29.1 Å². The maximum Gasteiger partial charge on any atom is 0.317 e. The highest BCUT2D eigenvalue weighted by molar-refractivity contribution is 5.78. The Morgan fingerprint density at radius 3 is 1.75 bits per heavy atom. The molecule has 0 fully saturated rings. The molecule has 28 heavy (non-hydrogen) atoms. The Bertz CT molecular complexity index is 730. The maximum absolute atomic E-state index is 13.7. The van der Waals surface area contributed by atoms with Crippen molar-refractivity contribution < 1.29 is 41.0 Å². The van der Waals surface area contributed by atoms with Gasteiger partial charge in [0.05, 0.1) is 11.0 Å². The number of halogens is 5. The van der Waals surface area contributed by atoms with E-state index in [4.69, 9.17) is 4.74 Å². The Labute approximate surface area is 160 Å². The molecular formula is C19H23F5O4. The van der Waals surface area contributed by atoms with Crippen LogP contribution in [0, 0.1) is 34.5 Å². The lowest BCUT2D eigenvalue weighted by atomic mass is 9.89. The number of Topliss-reactive ketones (excluding diaryl/α,β-unsaturated/α-hetero) is 1. The molecule has 0 bridgehead atoms. The van der Waals surface area contributed by atoms with E-state index in [-0.39, 0.29) is 18.8 Å². The van der Waals surface area contributed by atoms with Gasteiger partial charge in [0, 0.05) is 13.0 Å². The van der Waals surface area contributed by atoms with Gasteiger partial charge in [0.25, 0.3) is 0 Å². The zero-order chi connectivity index (χ0) is 21.9. The predicted octanol–water partition coefficient (Wildman–Crippen LogP) is 4.87. The van der Waals surface area contributed by atoms with E-state index in [9.17, 15) is 31.5 Å². The number of rotatable bonds is 9. The number of ketones is 1. The molecule has 9 heteroatoms. The van der Waals surface area contributed by atoms with Crippen molar-refractivity contribution in [2.45, 2.75) is 59.5 Å². The van der Waals surface area contributed by atoms with Crippen molar-refractivity contribution in [1.29, 1.82) is 0 Å². The molecule has 0 heterocycles. The van der Waals surface area contributed by atoms with Crippen molar-refractivity contribution in [1.82, 2.24) is 0 Å². The number of esters is 1. The minimum absolute atomic E-state index is 0.00315. The summed E-state index contributed by atoms with van der Waals surface area (Å²) in [6, 6.07) is 0. The zero-order valence-corrected chi connectivity index (χ0v) is 16.4. The fourth-order valence-corrected chi connectivity index (χ4v) is 2.14. The number of ether oxygens (including phenoxy) is 2. The van der Waals surface area contributed by atoms with Gasteiger partial charge in [-0.05, 0) is 47.5 Å². The van der Waals surface area contributed by atoms with Gasteiger partial charge >= 0.3 is 5.97 Å². The van der Waals surface area contributed by atoms with E-state index in [1.807, 2.05) is 0 Å². The van der Waals surface area contributed by atoms with Crippen molar-refractivity contribution >= 4 is 11.8 Å². The molecule has 0 aliphatic heterocycles. The van der Waals surface area contributed by atoms with Crippen LogP contribution in [0.3, 0.4) is 0 Å². The van der Waals surface area contributed by atoms with Gasteiger partial charge in [-0.15, -0.1) is 0 Å². The molecule has 0 N–H and O–H groups in total. The third-order valence-corrected chi connectivity index (χ3v) is 4.22. The summed E-state index contributed by atoms with van der Waals surface area (Å²) in [6.45, 7) is 7.78. The van der Waals surface area contributed by atoms with Crippen molar-refractivity contribution in [2.75, 3.05) is 6.61 Å². The molecular weight excluding hydrogens is 387 g/mol. The van der Waals surface area contributed by atoms with E-state index < -0.39 is 51.8 Å². The zero-order valence-electron chi connectivity index (χ0n) is 16.4. The Hall–Kier alpha value is -2.03. The molecule has 0 spiro atoms. The van der Waals surface area contributed by atoms with Crippen LogP contribution in [0.15, 0.2) is 0 Å². The number of benzene rings is 1. The van der Waals surface area contributed by atoms with E-state index >= 15 is 0 Å². The van der Waals surface area contributed by atoms with Crippen molar-refractivity contribution in [3.63, 3.8) is 0 Å². The van der Waals surface area contributed by atoms with Gasteiger partial charge in [0.1, 0.15) is 5.78 Å². The molecule has 0 aliphatic rings. The lowest BCUT2D eigenvalue weighted by Crippen LogP contribution is -2.33.